The van der Waals surface area contributed by atoms with Crippen LogP contribution in [0.1, 0.15) is 17.1 Å². The molecule has 4 nitrogen and oxygen atoms in total. The summed E-state index contributed by atoms with van der Waals surface area (Å²) in [5.74, 6) is 0.774. The van der Waals surface area contributed by atoms with Gasteiger partial charge in [0.25, 0.3) is 5.56 Å². The first-order valence-electron chi connectivity index (χ1n) is 8.18. The first-order valence-corrected chi connectivity index (χ1v) is 9.12. The van der Waals surface area contributed by atoms with E-state index in [4.69, 9.17) is 4.98 Å². The first-order chi connectivity index (χ1) is 12.2. The number of hydrogen-bond donors (Lipinski definition) is 0. The van der Waals surface area contributed by atoms with Crippen LogP contribution in [0.25, 0.3) is 16.6 Å². The van der Waals surface area contributed by atoms with Crippen LogP contribution in [0.2, 0.25) is 0 Å². The lowest BCUT2D eigenvalue weighted by atomic mass is 10.1. The molecule has 0 saturated heterocycles. The molecule has 0 fully saturated rings. The van der Waals surface area contributed by atoms with E-state index in [1.165, 1.54) is 11.3 Å². The van der Waals surface area contributed by atoms with Gasteiger partial charge in [-0.3, -0.25) is 14.3 Å². The van der Waals surface area contributed by atoms with Crippen LogP contribution < -0.4 is 5.56 Å². The summed E-state index contributed by atoms with van der Waals surface area (Å²) in [6, 6.07) is 13.8. The molecule has 25 heavy (non-hydrogen) atoms. The standard InChI is InChI=1S/C20H17N3OS/c1-14-6-2-3-8-18(14)23-19(10-9-15-7-4-5-11-21-15)22-17-13-25-12-16(17)20(23)24/h2-8,11-13H,9-10H2,1H3. The summed E-state index contributed by atoms with van der Waals surface area (Å²) in [5, 5.41) is 4.49. The average Bonchev–Trinajstić information content (AvgIpc) is 3.11. The number of benzene rings is 1. The molecule has 4 rings (SSSR count). The maximum Gasteiger partial charge on any atom is 0.266 e. The number of pyridine rings is 1. The molecule has 0 bridgehead atoms. The second kappa shape index (κ2) is 6.61. The van der Waals surface area contributed by atoms with Crippen molar-refractivity contribution in [2.24, 2.45) is 0 Å². The monoisotopic (exact) mass is 347 g/mol. The Morgan fingerprint density at radius 3 is 2.68 bits per heavy atom. The predicted octanol–water partition coefficient (Wildman–Crippen LogP) is 3.94. The third-order valence-electron chi connectivity index (χ3n) is 4.27. The van der Waals surface area contributed by atoms with Crippen LogP contribution in [0.15, 0.2) is 64.2 Å². The molecule has 0 amide bonds. The SMILES string of the molecule is Cc1ccccc1-n1c(CCc2ccccn2)nc2cscc2c1=O. The van der Waals surface area contributed by atoms with Gasteiger partial charge in [-0.1, -0.05) is 24.3 Å². The van der Waals surface area contributed by atoms with E-state index in [2.05, 4.69) is 4.98 Å². The van der Waals surface area contributed by atoms with E-state index in [0.29, 0.717) is 11.8 Å². The van der Waals surface area contributed by atoms with E-state index in [1.807, 2.05) is 60.1 Å². The summed E-state index contributed by atoms with van der Waals surface area (Å²) < 4.78 is 1.76. The van der Waals surface area contributed by atoms with E-state index in [9.17, 15) is 4.79 Å². The Kier molecular flexibility index (Phi) is 4.15. The Bertz CT molecular complexity index is 1080. The van der Waals surface area contributed by atoms with E-state index >= 15 is 0 Å². The lowest BCUT2D eigenvalue weighted by Gasteiger charge is -2.14. The molecule has 0 aliphatic carbocycles. The van der Waals surface area contributed by atoms with Crippen LogP contribution in [0.4, 0.5) is 0 Å². The van der Waals surface area contributed by atoms with Gasteiger partial charge in [-0.15, -0.1) is 11.3 Å². The fourth-order valence-electron chi connectivity index (χ4n) is 2.98. The fourth-order valence-corrected chi connectivity index (χ4v) is 3.71. The molecule has 0 saturated carbocycles. The first kappa shape index (κ1) is 15.7. The largest absolute Gasteiger partial charge is 0.268 e. The summed E-state index contributed by atoms with van der Waals surface area (Å²) in [5.41, 5.74) is 3.72. The van der Waals surface area contributed by atoms with Gasteiger partial charge in [-0.25, -0.2) is 4.98 Å². The summed E-state index contributed by atoms with van der Waals surface area (Å²) in [6.07, 6.45) is 3.19. The van der Waals surface area contributed by atoms with Crippen molar-refractivity contribution in [2.75, 3.05) is 0 Å². The zero-order valence-electron chi connectivity index (χ0n) is 13.8. The van der Waals surface area contributed by atoms with E-state index in [1.54, 1.807) is 10.8 Å². The molecule has 3 aromatic heterocycles. The van der Waals surface area contributed by atoms with Crippen LogP contribution >= 0.6 is 11.3 Å². The van der Waals surface area contributed by atoms with Crippen molar-refractivity contribution < 1.29 is 0 Å². The second-order valence-corrected chi connectivity index (χ2v) is 6.69. The van der Waals surface area contributed by atoms with E-state index < -0.39 is 0 Å². The zero-order valence-corrected chi connectivity index (χ0v) is 14.7. The molecule has 0 unspecified atom stereocenters. The fraction of sp³-hybridized carbons (Fsp3) is 0.150. The van der Waals surface area contributed by atoms with Crippen molar-refractivity contribution in [1.29, 1.82) is 0 Å². The Labute approximate surface area is 149 Å². The van der Waals surface area contributed by atoms with Crippen LogP contribution in [0.3, 0.4) is 0 Å². The molecular formula is C20H17N3OS. The second-order valence-electron chi connectivity index (χ2n) is 5.95. The lowest BCUT2D eigenvalue weighted by molar-refractivity contribution is 0.775. The van der Waals surface area contributed by atoms with Gasteiger partial charge >= 0.3 is 0 Å². The number of aromatic nitrogens is 3. The highest BCUT2D eigenvalue weighted by Gasteiger charge is 2.14. The van der Waals surface area contributed by atoms with Crippen LogP contribution in [0, 0.1) is 6.92 Å². The molecule has 0 aliphatic rings. The molecule has 124 valence electrons. The zero-order chi connectivity index (χ0) is 17.2. The van der Waals surface area contributed by atoms with Crippen molar-refractivity contribution >= 4 is 22.2 Å². The number of thiophene rings is 1. The van der Waals surface area contributed by atoms with Gasteiger partial charge < -0.3 is 0 Å². The molecule has 4 aromatic rings. The van der Waals surface area contributed by atoms with Gasteiger partial charge in [0.1, 0.15) is 5.82 Å². The van der Waals surface area contributed by atoms with Crippen LogP contribution in [0.5, 0.6) is 0 Å². The van der Waals surface area contributed by atoms with Crippen LogP contribution in [-0.2, 0) is 12.8 Å². The van der Waals surface area contributed by atoms with Gasteiger partial charge in [-0.05, 0) is 37.1 Å². The van der Waals surface area contributed by atoms with Crippen LogP contribution in [-0.4, -0.2) is 14.5 Å². The summed E-state index contributed by atoms with van der Waals surface area (Å²) in [6.45, 7) is 2.02. The minimum Gasteiger partial charge on any atom is -0.268 e. The molecule has 0 radical (unpaired) electrons. The molecule has 0 aliphatic heterocycles. The topological polar surface area (TPSA) is 47.8 Å². The average molecular weight is 347 g/mol. The smallest absolute Gasteiger partial charge is 0.266 e. The summed E-state index contributed by atoms with van der Waals surface area (Å²) in [7, 11) is 0. The normalized spacial score (nSPS) is 11.1. The van der Waals surface area contributed by atoms with Crippen molar-refractivity contribution in [3.63, 3.8) is 0 Å². The number of hydrogen-bond acceptors (Lipinski definition) is 4. The van der Waals surface area contributed by atoms with Gasteiger partial charge in [0.2, 0.25) is 0 Å². The Morgan fingerprint density at radius 1 is 1.04 bits per heavy atom. The molecule has 0 spiro atoms. The van der Waals surface area contributed by atoms with Gasteiger partial charge in [0, 0.05) is 29.1 Å². The highest BCUT2D eigenvalue weighted by molar-refractivity contribution is 7.09. The molecule has 0 atom stereocenters. The number of aryl methyl sites for hydroxylation is 3. The third kappa shape index (κ3) is 2.98. The molecule has 3 heterocycles. The predicted molar refractivity (Wildman–Crippen MR) is 102 cm³/mol. The summed E-state index contributed by atoms with van der Waals surface area (Å²) in [4.78, 5) is 22.2. The molecule has 0 N–H and O–H groups in total. The number of rotatable bonds is 4. The minimum atomic E-state index is -0.00318. The number of para-hydroxylation sites is 1. The quantitative estimate of drug-likeness (QED) is 0.562. The molecule has 5 heteroatoms. The summed E-state index contributed by atoms with van der Waals surface area (Å²) >= 11 is 1.51. The van der Waals surface area contributed by atoms with Crippen molar-refractivity contribution in [2.45, 2.75) is 19.8 Å². The van der Waals surface area contributed by atoms with Crippen molar-refractivity contribution in [1.82, 2.24) is 14.5 Å². The van der Waals surface area contributed by atoms with Gasteiger partial charge in [0.15, 0.2) is 0 Å². The number of fused-ring (bicyclic) bond motifs is 1. The molecular weight excluding hydrogens is 330 g/mol. The van der Waals surface area contributed by atoms with Gasteiger partial charge in [0.05, 0.1) is 16.6 Å². The van der Waals surface area contributed by atoms with E-state index in [-0.39, 0.29) is 5.56 Å². The Balaban J connectivity index is 1.86. The Morgan fingerprint density at radius 2 is 1.88 bits per heavy atom. The maximum atomic E-state index is 13.1. The Hall–Kier alpha value is -2.79. The maximum absolute atomic E-state index is 13.1. The van der Waals surface area contributed by atoms with Gasteiger partial charge in [-0.2, -0.15) is 0 Å². The van der Waals surface area contributed by atoms with E-state index in [0.717, 1.165) is 34.7 Å². The van der Waals surface area contributed by atoms with Crippen molar-refractivity contribution in [3.05, 3.63) is 86.9 Å². The third-order valence-corrected chi connectivity index (χ3v) is 5.00. The number of nitrogens with zero attached hydrogens (tertiary/aromatic N) is 3. The highest BCUT2D eigenvalue weighted by atomic mass is 32.1. The molecule has 1 aromatic carbocycles. The highest BCUT2D eigenvalue weighted by Crippen LogP contribution is 2.19. The minimum absolute atomic E-state index is 0.00318. The lowest BCUT2D eigenvalue weighted by Crippen LogP contribution is -2.24. The van der Waals surface area contributed by atoms with Crippen molar-refractivity contribution in [3.8, 4) is 5.69 Å².